The lowest BCUT2D eigenvalue weighted by Gasteiger charge is -2.13. The molecule has 3 aromatic carbocycles. The van der Waals surface area contributed by atoms with Gasteiger partial charge in [-0.2, -0.15) is 5.10 Å². The van der Waals surface area contributed by atoms with Gasteiger partial charge in [-0.1, -0.05) is 65.7 Å². The second-order valence-corrected chi connectivity index (χ2v) is 8.13. The summed E-state index contributed by atoms with van der Waals surface area (Å²) in [6.45, 7) is 2.82. The van der Waals surface area contributed by atoms with E-state index in [-0.39, 0.29) is 5.91 Å². The minimum absolute atomic E-state index is 0.310. The first-order valence-electron chi connectivity index (χ1n) is 10.0. The largest absolute Gasteiger partial charge is 0.489 e. The van der Waals surface area contributed by atoms with Crippen LogP contribution in [0.25, 0.3) is 0 Å². The van der Waals surface area contributed by atoms with Gasteiger partial charge in [0.2, 0.25) is 0 Å². The molecule has 162 valence electrons. The highest BCUT2D eigenvalue weighted by molar-refractivity contribution is 6.34. The van der Waals surface area contributed by atoms with Crippen LogP contribution >= 0.6 is 23.2 Å². The Morgan fingerprint density at radius 2 is 1.75 bits per heavy atom. The Labute approximate surface area is 196 Å². The lowest BCUT2D eigenvalue weighted by Crippen LogP contribution is -2.13. The van der Waals surface area contributed by atoms with Gasteiger partial charge in [-0.25, -0.2) is 0 Å². The normalized spacial score (nSPS) is 10.7. The topological polar surface area (TPSA) is 56.2 Å². The summed E-state index contributed by atoms with van der Waals surface area (Å²) in [5.41, 5.74) is 3.25. The number of hydrogen-bond acceptors (Lipinski definition) is 3. The van der Waals surface area contributed by atoms with Crippen LogP contribution in [0.4, 0.5) is 5.82 Å². The van der Waals surface area contributed by atoms with Crippen LogP contribution in [0.3, 0.4) is 0 Å². The lowest BCUT2D eigenvalue weighted by atomic mass is 10.2. The monoisotopic (exact) mass is 465 g/mol. The van der Waals surface area contributed by atoms with Crippen LogP contribution in [-0.4, -0.2) is 15.7 Å². The number of carbonyl (C=O) groups is 1. The summed E-state index contributed by atoms with van der Waals surface area (Å²) < 4.78 is 7.84. The molecular weight excluding hydrogens is 445 g/mol. The molecule has 1 aromatic heterocycles. The number of ether oxygens (including phenoxy) is 1. The maximum absolute atomic E-state index is 12.6. The van der Waals surface area contributed by atoms with Crippen molar-refractivity contribution in [1.82, 2.24) is 9.78 Å². The molecule has 1 heterocycles. The van der Waals surface area contributed by atoms with Crippen LogP contribution in [0, 0.1) is 6.92 Å². The molecule has 0 spiro atoms. The van der Waals surface area contributed by atoms with Crippen molar-refractivity contribution < 1.29 is 9.53 Å². The molecule has 7 heteroatoms. The van der Waals surface area contributed by atoms with Gasteiger partial charge in [-0.3, -0.25) is 9.48 Å². The Morgan fingerprint density at radius 3 is 2.53 bits per heavy atom. The number of hydrogen-bond donors (Lipinski definition) is 1. The van der Waals surface area contributed by atoms with E-state index in [4.69, 9.17) is 27.9 Å². The van der Waals surface area contributed by atoms with E-state index in [1.807, 2.05) is 55.5 Å². The molecule has 0 bridgehead atoms. The van der Waals surface area contributed by atoms with E-state index in [2.05, 4.69) is 10.4 Å². The predicted molar refractivity (Wildman–Crippen MR) is 128 cm³/mol. The molecule has 0 aliphatic rings. The van der Waals surface area contributed by atoms with Crippen LogP contribution in [0.2, 0.25) is 10.0 Å². The molecule has 0 atom stereocenters. The predicted octanol–water partition coefficient (Wildman–Crippen LogP) is 6.38. The fraction of sp³-hybridized carbons (Fsp3) is 0.120. The fourth-order valence-electron chi connectivity index (χ4n) is 3.27. The Morgan fingerprint density at radius 1 is 1.00 bits per heavy atom. The first-order valence-corrected chi connectivity index (χ1v) is 10.8. The van der Waals surface area contributed by atoms with Crippen LogP contribution in [0.1, 0.15) is 27.2 Å². The molecule has 0 saturated heterocycles. The second-order valence-electron chi connectivity index (χ2n) is 7.29. The van der Waals surface area contributed by atoms with Gasteiger partial charge in [-0.05, 0) is 42.8 Å². The van der Waals surface area contributed by atoms with Gasteiger partial charge in [0.05, 0.1) is 17.1 Å². The zero-order valence-electron chi connectivity index (χ0n) is 17.4. The second kappa shape index (κ2) is 9.90. The third kappa shape index (κ3) is 5.31. The van der Waals surface area contributed by atoms with Crippen molar-refractivity contribution in [3.8, 4) is 5.75 Å². The van der Waals surface area contributed by atoms with E-state index in [1.165, 1.54) is 0 Å². The van der Waals surface area contributed by atoms with Gasteiger partial charge in [-0.15, -0.1) is 0 Å². The number of aromatic nitrogens is 2. The highest BCUT2D eigenvalue weighted by Crippen LogP contribution is 2.26. The van der Waals surface area contributed by atoms with Crippen molar-refractivity contribution in [3.05, 3.63) is 111 Å². The summed E-state index contributed by atoms with van der Waals surface area (Å²) in [6.07, 6.45) is 0. The van der Waals surface area contributed by atoms with Crippen LogP contribution in [0.5, 0.6) is 5.75 Å². The molecule has 0 unspecified atom stereocenters. The summed E-state index contributed by atoms with van der Waals surface area (Å²) in [4.78, 5) is 12.6. The molecule has 0 radical (unpaired) electrons. The fourth-order valence-corrected chi connectivity index (χ4v) is 3.69. The molecule has 0 aliphatic carbocycles. The molecule has 0 fully saturated rings. The zero-order chi connectivity index (χ0) is 22.5. The lowest BCUT2D eigenvalue weighted by molar-refractivity contribution is 0.102. The minimum Gasteiger partial charge on any atom is -0.489 e. The van der Waals surface area contributed by atoms with Crippen molar-refractivity contribution in [1.29, 1.82) is 0 Å². The van der Waals surface area contributed by atoms with E-state index in [9.17, 15) is 4.79 Å². The van der Waals surface area contributed by atoms with E-state index < -0.39 is 0 Å². The number of nitrogens with zero attached hydrogens (tertiary/aromatic N) is 2. The molecule has 1 amide bonds. The summed E-state index contributed by atoms with van der Waals surface area (Å²) in [7, 11) is 0. The van der Waals surface area contributed by atoms with E-state index >= 15 is 0 Å². The summed E-state index contributed by atoms with van der Waals surface area (Å²) in [5, 5.41) is 8.34. The van der Waals surface area contributed by atoms with Gasteiger partial charge < -0.3 is 10.1 Å². The Bertz CT molecular complexity index is 1240. The number of rotatable bonds is 7. The molecule has 1 N–H and O–H groups in total. The van der Waals surface area contributed by atoms with Gasteiger partial charge in [0.1, 0.15) is 12.4 Å². The van der Waals surface area contributed by atoms with Gasteiger partial charge in [0.15, 0.2) is 5.82 Å². The summed E-state index contributed by atoms with van der Waals surface area (Å²) >= 11 is 12.4. The van der Waals surface area contributed by atoms with Crippen molar-refractivity contribution in [2.45, 2.75) is 20.1 Å². The highest BCUT2D eigenvalue weighted by Gasteiger charge is 2.14. The van der Waals surface area contributed by atoms with Crippen LogP contribution in [0.15, 0.2) is 78.9 Å². The van der Waals surface area contributed by atoms with Crippen LogP contribution in [-0.2, 0) is 13.2 Å². The van der Waals surface area contributed by atoms with Gasteiger partial charge in [0.25, 0.3) is 5.91 Å². The van der Waals surface area contributed by atoms with Crippen molar-refractivity contribution in [2.75, 3.05) is 5.32 Å². The average Bonchev–Trinajstić information content (AvgIpc) is 3.12. The Hall–Kier alpha value is -3.28. The molecule has 0 aliphatic heterocycles. The Kier molecular flexibility index (Phi) is 6.78. The van der Waals surface area contributed by atoms with Crippen molar-refractivity contribution in [3.63, 3.8) is 0 Å². The van der Waals surface area contributed by atoms with Crippen LogP contribution < -0.4 is 10.1 Å². The molecule has 32 heavy (non-hydrogen) atoms. The maximum atomic E-state index is 12.6. The van der Waals surface area contributed by atoms with Gasteiger partial charge in [0, 0.05) is 22.3 Å². The maximum Gasteiger partial charge on any atom is 0.258 e. The van der Waals surface area contributed by atoms with Crippen molar-refractivity contribution in [2.24, 2.45) is 0 Å². The molecule has 4 rings (SSSR count). The number of amides is 1. The van der Waals surface area contributed by atoms with E-state index in [0.29, 0.717) is 34.6 Å². The van der Waals surface area contributed by atoms with E-state index in [0.717, 1.165) is 22.6 Å². The van der Waals surface area contributed by atoms with Gasteiger partial charge >= 0.3 is 0 Å². The SMILES string of the molecule is Cc1cc(NC(=O)c2ccccc2Cl)nn1Cc1cc(Cl)ccc1OCc1ccccc1. The molecule has 4 aromatic rings. The number of benzene rings is 3. The smallest absolute Gasteiger partial charge is 0.258 e. The standard InChI is InChI=1S/C25H21Cl2N3O2/c1-17-13-24(28-25(31)21-9-5-6-10-22(21)27)29-30(17)15-19-14-20(26)11-12-23(19)32-16-18-7-3-2-4-8-18/h2-14H,15-16H2,1H3,(H,28,29,31). The molecule has 5 nitrogen and oxygen atoms in total. The number of nitrogens with one attached hydrogen (secondary N) is 1. The highest BCUT2D eigenvalue weighted by atomic mass is 35.5. The zero-order valence-corrected chi connectivity index (χ0v) is 18.9. The molecule has 0 saturated carbocycles. The summed E-state index contributed by atoms with van der Waals surface area (Å²) in [5.74, 6) is 0.867. The number of carbonyl (C=O) groups excluding carboxylic acids is 1. The minimum atomic E-state index is -0.310. The number of anilines is 1. The molecular formula is C25H21Cl2N3O2. The summed E-state index contributed by atoms with van der Waals surface area (Å²) in [6, 6.07) is 24.2. The Balaban J connectivity index is 1.51. The third-order valence-corrected chi connectivity index (χ3v) is 5.49. The first-order chi connectivity index (χ1) is 15.5. The quantitative estimate of drug-likeness (QED) is 0.344. The number of halogens is 2. The third-order valence-electron chi connectivity index (χ3n) is 4.92. The average molecular weight is 466 g/mol. The van der Waals surface area contributed by atoms with Crippen molar-refractivity contribution >= 4 is 34.9 Å². The van der Waals surface area contributed by atoms with E-state index in [1.54, 1.807) is 35.0 Å². The first kappa shape index (κ1) is 21.9. The number of aryl methyl sites for hydroxylation is 1.